The predicted molar refractivity (Wildman–Crippen MR) is 113 cm³/mol. The van der Waals surface area contributed by atoms with Crippen LogP contribution in [0.25, 0.3) is 11.3 Å². The van der Waals surface area contributed by atoms with E-state index in [1.165, 1.54) is 0 Å². The van der Waals surface area contributed by atoms with E-state index in [1.807, 2.05) is 49.4 Å². The van der Waals surface area contributed by atoms with Crippen molar-refractivity contribution in [2.45, 2.75) is 32.2 Å². The third-order valence-corrected chi connectivity index (χ3v) is 5.20. The second-order valence-corrected chi connectivity index (χ2v) is 7.29. The number of piperidine rings is 1. The van der Waals surface area contributed by atoms with Crippen molar-refractivity contribution in [3.05, 3.63) is 72.2 Å². The van der Waals surface area contributed by atoms with Gasteiger partial charge >= 0.3 is 0 Å². The zero-order valence-corrected chi connectivity index (χ0v) is 16.4. The Kier molecular flexibility index (Phi) is 5.42. The number of hydrogen-bond acceptors (Lipinski definition) is 3. The monoisotopic (exact) mass is 388 g/mol. The Morgan fingerprint density at radius 1 is 1.10 bits per heavy atom. The first-order valence-corrected chi connectivity index (χ1v) is 9.93. The van der Waals surface area contributed by atoms with Gasteiger partial charge in [-0.1, -0.05) is 30.3 Å². The van der Waals surface area contributed by atoms with Crippen LogP contribution in [0.2, 0.25) is 0 Å². The Balaban J connectivity index is 1.41. The molecule has 3 aromatic rings. The van der Waals surface area contributed by atoms with E-state index in [9.17, 15) is 9.59 Å². The van der Waals surface area contributed by atoms with Gasteiger partial charge in [-0.2, -0.15) is 0 Å². The zero-order chi connectivity index (χ0) is 20.2. The highest BCUT2D eigenvalue weighted by Gasteiger charge is 2.20. The number of imidazole rings is 1. The molecule has 4 rings (SSSR count). The molecule has 1 aliphatic rings. The first kappa shape index (κ1) is 18.9. The highest BCUT2D eigenvalue weighted by atomic mass is 16.2. The van der Waals surface area contributed by atoms with Gasteiger partial charge in [0.15, 0.2) is 0 Å². The van der Waals surface area contributed by atoms with Crippen molar-refractivity contribution in [1.29, 1.82) is 0 Å². The summed E-state index contributed by atoms with van der Waals surface area (Å²) in [5.74, 6) is 0.675. The fourth-order valence-corrected chi connectivity index (χ4v) is 3.54. The second kappa shape index (κ2) is 8.31. The Morgan fingerprint density at radius 3 is 2.59 bits per heavy atom. The summed E-state index contributed by atoms with van der Waals surface area (Å²) in [6, 6.07) is 16.9. The molecule has 0 aliphatic carbocycles. The van der Waals surface area contributed by atoms with Crippen LogP contribution in [0.3, 0.4) is 0 Å². The van der Waals surface area contributed by atoms with Crippen LogP contribution < -0.4 is 10.2 Å². The van der Waals surface area contributed by atoms with Crippen molar-refractivity contribution >= 4 is 17.5 Å². The molecule has 0 saturated carbocycles. The number of hydrogen-bond donors (Lipinski definition) is 2. The predicted octanol–water partition coefficient (Wildman–Crippen LogP) is 4.08. The molecule has 1 unspecified atom stereocenters. The van der Waals surface area contributed by atoms with E-state index in [4.69, 9.17) is 0 Å². The maximum Gasteiger partial charge on any atom is 0.251 e. The van der Waals surface area contributed by atoms with Gasteiger partial charge < -0.3 is 15.2 Å². The standard InChI is InChI=1S/C23H24N4O2/c1-16(22-24-15-20(26-22)17-7-3-2-4-8-17)25-23(29)18-10-12-19(13-11-18)27-14-6-5-9-21(27)28/h2-4,7-8,10-13,15-16H,5-6,9,14H2,1H3,(H,24,26)(H,25,29). The van der Waals surface area contributed by atoms with Gasteiger partial charge in [-0.25, -0.2) is 4.98 Å². The topological polar surface area (TPSA) is 78.1 Å². The minimum atomic E-state index is -0.261. The number of H-pyrrole nitrogens is 1. The number of benzene rings is 2. The SMILES string of the molecule is CC(NC(=O)c1ccc(N2CCCCC2=O)cc1)c1ncc(-c2ccccc2)[nH]1. The third kappa shape index (κ3) is 4.21. The normalized spacial score (nSPS) is 15.2. The molecule has 1 saturated heterocycles. The fraction of sp³-hybridized carbons (Fsp3) is 0.261. The summed E-state index contributed by atoms with van der Waals surface area (Å²) in [6.45, 7) is 2.63. The van der Waals surface area contributed by atoms with Gasteiger partial charge in [0.1, 0.15) is 5.82 Å². The number of aromatic amines is 1. The Hall–Kier alpha value is -3.41. The smallest absolute Gasteiger partial charge is 0.251 e. The lowest BCUT2D eigenvalue weighted by Crippen LogP contribution is -2.35. The van der Waals surface area contributed by atoms with Crippen LogP contribution in [0, 0.1) is 0 Å². The lowest BCUT2D eigenvalue weighted by molar-refractivity contribution is -0.119. The lowest BCUT2D eigenvalue weighted by atomic mass is 10.1. The molecule has 2 heterocycles. The molecule has 29 heavy (non-hydrogen) atoms. The number of carbonyl (C=O) groups is 2. The highest BCUT2D eigenvalue weighted by molar-refractivity contribution is 5.97. The third-order valence-electron chi connectivity index (χ3n) is 5.20. The number of rotatable bonds is 5. The van der Waals surface area contributed by atoms with Crippen molar-refractivity contribution in [2.75, 3.05) is 11.4 Å². The Morgan fingerprint density at radius 2 is 1.86 bits per heavy atom. The van der Waals surface area contributed by atoms with Crippen LogP contribution in [0.5, 0.6) is 0 Å². The average molecular weight is 388 g/mol. The minimum absolute atomic E-state index is 0.147. The summed E-state index contributed by atoms with van der Waals surface area (Å²) in [4.78, 5) is 34.2. The van der Waals surface area contributed by atoms with Crippen LogP contribution in [-0.2, 0) is 4.79 Å². The van der Waals surface area contributed by atoms with Crippen molar-refractivity contribution < 1.29 is 9.59 Å². The number of nitrogens with zero attached hydrogens (tertiary/aromatic N) is 2. The van der Waals surface area contributed by atoms with Crippen molar-refractivity contribution in [3.63, 3.8) is 0 Å². The molecule has 1 aliphatic heterocycles. The molecule has 0 bridgehead atoms. The quantitative estimate of drug-likeness (QED) is 0.691. The van der Waals surface area contributed by atoms with Crippen LogP contribution in [-0.4, -0.2) is 28.3 Å². The lowest BCUT2D eigenvalue weighted by Gasteiger charge is -2.26. The van der Waals surface area contributed by atoms with Gasteiger partial charge in [-0.05, 0) is 49.6 Å². The molecule has 6 nitrogen and oxygen atoms in total. The minimum Gasteiger partial charge on any atom is -0.342 e. The molecular formula is C23H24N4O2. The van der Waals surface area contributed by atoms with E-state index in [2.05, 4.69) is 15.3 Å². The van der Waals surface area contributed by atoms with Crippen LogP contribution in [0.1, 0.15) is 48.4 Å². The average Bonchev–Trinajstić information content (AvgIpc) is 3.25. The van der Waals surface area contributed by atoms with E-state index in [-0.39, 0.29) is 17.9 Å². The van der Waals surface area contributed by atoms with Crippen molar-refractivity contribution in [3.8, 4) is 11.3 Å². The number of carbonyl (C=O) groups excluding carboxylic acids is 2. The van der Waals surface area contributed by atoms with Gasteiger partial charge in [0.2, 0.25) is 5.91 Å². The van der Waals surface area contributed by atoms with Crippen LogP contribution >= 0.6 is 0 Å². The highest BCUT2D eigenvalue weighted by Crippen LogP contribution is 2.22. The summed E-state index contributed by atoms with van der Waals surface area (Å²) in [6.07, 6.45) is 4.33. The van der Waals surface area contributed by atoms with E-state index in [0.29, 0.717) is 17.8 Å². The first-order valence-electron chi connectivity index (χ1n) is 9.93. The number of aromatic nitrogens is 2. The van der Waals surface area contributed by atoms with Gasteiger partial charge in [0.25, 0.3) is 5.91 Å². The maximum absolute atomic E-state index is 12.6. The molecule has 2 aromatic carbocycles. The van der Waals surface area contributed by atoms with Crippen molar-refractivity contribution in [2.24, 2.45) is 0 Å². The van der Waals surface area contributed by atoms with Gasteiger partial charge in [0, 0.05) is 24.2 Å². The Labute approximate surface area is 170 Å². The molecule has 148 valence electrons. The molecular weight excluding hydrogens is 364 g/mol. The van der Waals surface area contributed by atoms with E-state index >= 15 is 0 Å². The summed E-state index contributed by atoms with van der Waals surface area (Å²) < 4.78 is 0. The molecule has 1 atom stereocenters. The summed E-state index contributed by atoms with van der Waals surface area (Å²) in [5, 5.41) is 2.97. The number of amides is 2. The number of nitrogens with one attached hydrogen (secondary N) is 2. The summed E-state index contributed by atoms with van der Waals surface area (Å²) in [5.41, 5.74) is 3.36. The molecule has 1 aromatic heterocycles. The fourth-order valence-electron chi connectivity index (χ4n) is 3.54. The van der Waals surface area contributed by atoms with Crippen LogP contribution in [0.4, 0.5) is 5.69 Å². The molecule has 0 radical (unpaired) electrons. The van der Waals surface area contributed by atoms with Crippen LogP contribution in [0.15, 0.2) is 60.8 Å². The second-order valence-electron chi connectivity index (χ2n) is 7.29. The zero-order valence-electron chi connectivity index (χ0n) is 16.4. The van der Waals surface area contributed by atoms with Gasteiger partial charge in [-0.15, -0.1) is 0 Å². The molecule has 2 N–H and O–H groups in total. The van der Waals surface area contributed by atoms with Gasteiger partial charge in [-0.3, -0.25) is 9.59 Å². The largest absolute Gasteiger partial charge is 0.342 e. The maximum atomic E-state index is 12.6. The molecule has 0 spiro atoms. The summed E-state index contributed by atoms with van der Waals surface area (Å²) >= 11 is 0. The number of anilines is 1. The first-order chi connectivity index (χ1) is 14.1. The van der Waals surface area contributed by atoms with E-state index in [1.54, 1.807) is 23.2 Å². The molecule has 2 amide bonds. The van der Waals surface area contributed by atoms with Crippen molar-refractivity contribution in [1.82, 2.24) is 15.3 Å². The van der Waals surface area contributed by atoms with E-state index in [0.717, 1.165) is 36.3 Å². The molecule has 1 fully saturated rings. The molecule has 6 heteroatoms. The Bertz CT molecular complexity index is 995. The summed E-state index contributed by atoms with van der Waals surface area (Å²) in [7, 11) is 0. The van der Waals surface area contributed by atoms with E-state index < -0.39 is 0 Å². The van der Waals surface area contributed by atoms with Gasteiger partial charge in [0.05, 0.1) is 17.9 Å².